The monoisotopic (exact) mass is 424 g/mol. The molecule has 0 unspecified atom stereocenters. The molecule has 0 aliphatic carbocycles. The first-order chi connectivity index (χ1) is 14.1. The van der Waals surface area contributed by atoms with Gasteiger partial charge >= 0.3 is 0 Å². The van der Waals surface area contributed by atoms with Gasteiger partial charge in [-0.25, -0.2) is 0 Å². The van der Waals surface area contributed by atoms with Gasteiger partial charge in [0.15, 0.2) is 5.76 Å². The van der Waals surface area contributed by atoms with Crippen molar-refractivity contribution in [2.45, 2.75) is 20.0 Å². The summed E-state index contributed by atoms with van der Waals surface area (Å²) in [5, 5.41) is 1.68. The van der Waals surface area contributed by atoms with E-state index in [0.29, 0.717) is 32.3 Å². The number of halogens is 2. The van der Waals surface area contributed by atoms with Crippen molar-refractivity contribution in [3.63, 3.8) is 0 Å². The van der Waals surface area contributed by atoms with Gasteiger partial charge in [-0.1, -0.05) is 54.4 Å². The Kier molecular flexibility index (Phi) is 5.61. The molecule has 3 aromatic carbocycles. The van der Waals surface area contributed by atoms with Crippen LogP contribution in [-0.2, 0) is 13.0 Å². The fraction of sp³-hybridized carbons (Fsp3) is 0.125. The van der Waals surface area contributed by atoms with Crippen LogP contribution in [0.2, 0.25) is 10.0 Å². The van der Waals surface area contributed by atoms with E-state index in [1.54, 1.807) is 30.3 Å². The second kappa shape index (κ2) is 8.32. The highest BCUT2D eigenvalue weighted by Crippen LogP contribution is 2.32. The first-order valence-corrected chi connectivity index (χ1v) is 10.0. The number of benzene rings is 3. The molecule has 5 heteroatoms. The number of aryl methyl sites for hydroxylation is 1. The van der Waals surface area contributed by atoms with Gasteiger partial charge in [-0.2, -0.15) is 0 Å². The van der Waals surface area contributed by atoms with E-state index in [1.807, 2.05) is 43.3 Å². The van der Waals surface area contributed by atoms with Gasteiger partial charge in [0.25, 0.3) is 0 Å². The molecule has 1 aromatic heterocycles. The molecular formula is C24H18Cl2O3. The third kappa shape index (κ3) is 4.02. The zero-order valence-corrected chi connectivity index (χ0v) is 17.3. The first kappa shape index (κ1) is 19.6. The van der Waals surface area contributed by atoms with Crippen molar-refractivity contribution in [1.29, 1.82) is 0 Å². The van der Waals surface area contributed by atoms with E-state index in [-0.39, 0.29) is 17.8 Å². The first-order valence-electron chi connectivity index (χ1n) is 9.28. The summed E-state index contributed by atoms with van der Waals surface area (Å²) in [6, 6.07) is 20.1. The van der Waals surface area contributed by atoms with Crippen LogP contribution in [0, 0.1) is 0 Å². The Labute approximate surface area is 178 Å². The molecule has 0 amide bonds. The van der Waals surface area contributed by atoms with Gasteiger partial charge in [0.2, 0.25) is 11.2 Å². The molecule has 0 atom stereocenters. The molecule has 3 nitrogen and oxygen atoms in total. The molecule has 0 bridgehead atoms. The highest BCUT2D eigenvalue weighted by Gasteiger charge is 2.18. The molecule has 29 heavy (non-hydrogen) atoms. The summed E-state index contributed by atoms with van der Waals surface area (Å²) < 4.78 is 12.1. The summed E-state index contributed by atoms with van der Waals surface area (Å²) >= 11 is 12.3. The zero-order valence-electron chi connectivity index (χ0n) is 15.7. The average Bonchev–Trinajstić information content (AvgIpc) is 2.74. The van der Waals surface area contributed by atoms with Crippen LogP contribution in [0.15, 0.2) is 75.9 Å². The fourth-order valence-corrected chi connectivity index (χ4v) is 3.45. The van der Waals surface area contributed by atoms with E-state index in [4.69, 9.17) is 32.4 Å². The number of fused-ring (bicyclic) bond motifs is 1. The Morgan fingerprint density at radius 3 is 2.45 bits per heavy atom. The summed E-state index contributed by atoms with van der Waals surface area (Å²) in [5.74, 6) is 0.531. The van der Waals surface area contributed by atoms with Crippen LogP contribution in [0.4, 0.5) is 0 Å². The van der Waals surface area contributed by atoms with Crippen LogP contribution in [0.25, 0.3) is 22.3 Å². The van der Waals surface area contributed by atoms with E-state index < -0.39 is 0 Å². The van der Waals surface area contributed by atoms with Gasteiger partial charge in [-0.15, -0.1) is 0 Å². The molecule has 0 saturated carbocycles. The lowest BCUT2D eigenvalue weighted by Gasteiger charge is -2.13. The molecule has 0 fully saturated rings. The number of hydrogen-bond acceptors (Lipinski definition) is 3. The highest BCUT2D eigenvalue weighted by atomic mass is 35.5. The zero-order chi connectivity index (χ0) is 20.4. The van der Waals surface area contributed by atoms with Crippen LogP contribution >= 0.6 is 23.2 Å². The molecule has 0 saturated heterocycles. The summed E-state index contributed by atoms with van der Waals surface area (Å²) in [4.78, 5) is 13.3. The minimum atomic E-state index is -0.210. The van der Waals surface area contributed by atoms with Crippen LogP contribution in [0.5, 0.6) is 5.75 Å². The second-order valence-electron chi connectivity index (χ2n) is 6.66. The van der Waals surface area contributed by atoms with Gasteiger partial charge < -0.3 is 9.15 Å². The van der Waals surface area contributed by atoms with E-state index in [0.717, 1.165) is 17.5 Å². The lowest BCUT2D eigenvalue weighted by atomic mass is 10.1. The molecule has 4 aromatic rings. The second-order valence-corrected chi connectivity index (χ2v) is 7.50. The third-order valence-electron chi connectivity index (χ3n) is 4.76. The van der Waals surface area contributed by atoms with Gasteiger partial charge in [-0.3, -0.25) is 4.79 Å². The Bertz CT molecular complexity index is 1230. The molecule has 0 spiro atoms. The minimum Gasteiger partial charge on any atom is -0.481 e. The maximum Gasteiger partial charge on any atom is 0.235 e. The Balaban J connectivity index is 1.87. The third-order valence-corrected chi connectivity index (χ3v) is 5.38. The molecule has 1 heterocycles. The summed E-state index contributed by atoms with van der Waals surface area (Å²) in [7, 11) is 0. The predicted octanol–water partition coefficient (Wildman–Crippen LogP) is 6.91. The normalized spacial score (nSPS) is 11.0. The van der Waals surface area contributed by atoms with Crippen molar-refractivity contribution in [2.75, 3.05) is 0 Å². The quantitative estimate of drug-likeness (QED) is 0.349. The summed E-state index contributed by atoms with van der Waals surface area (Å²) in [6.45, 7) is 2.20. The topological polar surface area (TPSA) is 39.4 Å². The predicted molar refractivity (Wildman–Crippen MR) is 118 cm³/mol. The van der Waals surface area contributed by atoms with Gasteiger partial charge in [-0.05, 0) is 54.4 Å². The SMILES string of the molecule is CCc1ccc2oc(-c3ccc(Cl)cc3)c(OCc3ccccc3Cl)c(=O)c2c1. The number of rotatable bonds is 5. The standard InChI is InChI=1S/C24H18Cl2O3/c1-2-15-7-12-21-19(13-15)22(27)24(28-14-17-5-3-4-6-20(17)26)23(29-21)16-8-10-18(25)11-9-16/h3-13H,2,14H2,1H3. The van der Waals surface area contributed by atoms with Crippen molar-refractivity contribution in [3.05, 3.63) is 98.1 Å². The lowest BCUT2D eigenvalue weighted by molar-refractivity contribution is 0.298. The Hall–Kier alpha value is -2.75. The van der Waals surface area contributed by atoms with Crippen LogP contribution in [-0.4, -0.2) is 0 Å². The smallest absolute Gasteiger partial charge is 0.235 e. The van der Waals surface area contributed by atoms with Crippen molar-refractivity contribution in [3.8, 4) is 17.1 Å². The fourth-order valence-electron chi connectivity index (χ4n) is 3.13. The van der Waals surface area contributed by atoms with Gasteiger partial charge in [0, 0.05) is 21.2 Å². The summed E-state index contributed by atoms with van der Waals surface area (Å²) in [6.07, 6.45) is 0.824. The molecule has 4 rings (SSSR count). The largest absolute Gasteiger partial charge is 0.481 e. The van der Waals surface area contributed by atoms with Crippen molar-refractivity contribution in [1.82, 2.24) is 0 Å². The van der Waals surface area contributed by atoms with Crippen molar-refractivity contribution in [2.24, 2.45) is 0 Å². The molecule has 0 radical (unpaired) electrons. The number of ether oxygens (including phenoxy) is 1. The summed E-state index contributed by atoms with van der Waals surface area (Å²) in [5.41, 5.74) is 2.86. The minimum absolute atomic E-state index is 0.157. The average molecular weight is 425 g/mol. The van der Waals surface area contributed by atoms with Crippen LogP contribution < -0.4 is 10.2 Å². The van der Waals surface area contributed by atoms with Crippen LogP contribution in [0.3, 0.4) is 0 Å². The van der Waals surface area contributed by atoms with Crippen LogP contribution in [0.1, 0.15) is 18.1 Å². The maximum atomic E-state index is 13.3. The van der Waals surface area contributed by atoms with E-state index in [9.17, 15) is 4.79 Å². The molecule has 0 N–H and O–H groups in total. The lowest BCUT2D eigenvalue weighted by Crippen LogP contribution is -2.10. The van der Waals surface area contributed by atoms with E-state index >= 15 is 0 Å². The Morgan fingerprint density at radius 2 is 1.72 bits per heavy atom. The van der Waals surface area contributed by atoms with Crippen molar-refractivity contribution < 1.29 is 9.15 Å². The molecule has 0 aliphatic heterocycles. The van der Waals surface area contributed by atoms with Crippen molar-refractivity contribution >= 4 is 34.2 Å². The number of hydrogen-bond donors (Lipinski definition) is 0. The van der Waals surface area contributed by atoms with E-state index in [2.05, 4.69) is 0 Å². The molecule has 0 aliphatic rings. The van der Waals surface area contributed by atoms with E-state index in [1.165, 1.54) is 0 Å². The molecular weight excluding hydrogens is 407 g/mol. The molecule has 146 valence electrons. The maximum absolute atomic E-state index is 13.3. The Morgan fingerprint density at radius 1 is 0.966 bits per heavy atom. The van der Waals surface area contributed by atoms with Gasteiger partial charge in [0.05, 0.1) is 5.39 Å². The highest BCUT2D eigenvalue weighted by molar-refractivity contribution is 6.31. The van der Waals surface area contributed by atoms with Gasteiger partial charge in [0.1, 0.15) is 12.2 Å².